The SMILES string of the molecule is COc1ccc(OC)c(/C=C/C(=O)NCc2cccc(NC(=O)c3ccc(F)cc3)c2)c1. The molecule has 3 aromatic carbocycles. The summed E-state index contributed by atoms with van der Waals surface area (Å²) in [5, 5.41) is 5.56. The Morgan fingerprint density at radius 1 is 0.969 bits per heavy atom. The first-order valence-corrected chi connectivity index (χ1v) is 9.82. The van der Waals surface area contributed by atoms with Crippen molar-refractivity contribution in [3.63, 3.8) is 0 Å². The maximum absolute atomic E-state index is 13.0. The highest BCUT2D eigenvalue weighted by Gasteiger charge is 2.07. The van der Waals surface area contributed by atoms with E-state index in [4.69, 9.17) is 9.47 Å². The van der Waals surface area contributed by atoms with Gasteiger partial charge < -0.3 is 20.1 Å². The van der Waals surface area contributed by atoms with Crippen LogP contribution in [0, 0.1) is 5.82 Å². The minimum Gasteiger partial charge on any atom is -0.497 e. The fraction of sp³-hybridized carbons (Fsp3) is 0.120. The van der Waals surface area contributed by atoms with Crippen molar-refractivity contribution < 1.29 is 23.5 Å². The molecule has 0 saturated carbocycles. The molecule has 3 aromatic rings. The molecule has 0 atom stereocenters. The zero-order valence-corrected chi connectivity index (χ0v) is 17.7. The van der Waals surface area contributed by atoms with Crippen molar-refractivity contribution in [1.82, 2.24) is 5.32 Å². The molecular formula is C25H23FN2O4. The number of carbonyl (C=O) groups excluding carboxylic acids is 2. The number of rotatable bonds is 8. The molecule has 0 saturated heterocycles. The second kappa shape index (κ2) is 10.8. The van der Waals surface area contributed by atoms with E-state index in [9.17, 15) is 14.0 Å². The molecule has 7 heteroatoms. The van der Waals surface area contributed by atoms with Crippen LogP contribution < -0.4 is 20.1 Å². The lowest BCUT2D eigenvalue weighted by molar-refractivity contribution is -0.116. The predicted octanol–water partition coefficient (Wildman–Crippen LogP) is 4.42. The Balaban J connectivity index is 1.59. The van der Waals surface area contributed by atoms with Crippen LogP contribution in [0.5, 0.6) is 11.5 Å². The third-order valence-corrected chi connectivity index (χ3v) is 4.61. The van der Waals surface area contributed by atoms with Crippen molar-refractivity contribution in [3.8, 4) is 11.5 Å². The first-order valence-electron chi connectivity index (χ1n) is 9.82. The summed E-state index contributed by atoms with van der Waals surface area (Å²) in [6.07, 6.45) is 3.06. The Morgan fingerprint density at radius 3 is 2.47 bits per heavy atom. The lowest BCUT2D eigenvalue weighted by Crippen LogP contribution is -2.20. The van der Waals surface area contributed by atoms with Gasteiger partial charge in [0.2, 0.25) is 5.91 Å². The summed E-state index contributed by atoms with van der Waals surface area (Å²) in [6, 6.07) is 17.7. The summed E-state index contributed by atoms with van der Waals surface area (Å²) in [4.78, 5) is 24.5. The summed E-state index contributed by atoms with van der Waals surface area (Å²) < 4.78 is 23.5. The number of hydrogen-bond donors (Lipinski definition) is 2. The largest absolute Gasteiger partial charge is 0.497 e. The molecule has 0 aromatic heterocycles. The van der Waals surface area contributed by atoms with Gasteiger partial charge in [-0.2, -0.15) is 0 Å². The molecule has 0 spiro atoms. The van der Waals surface area contributed by atoms with Crippen molar-refractivity contribution in [2.75, 3.05) is 19.5 Å². The maximum Gasteiger partial charge on any atom is 0.255 e. The number of methoxy groups -OCH3 is 2. The van der Waals surface area contributed by atoms with Gasteiger partial charge in [0.05, 0.1) is 14.2 Å². The van der Waals surface area contributed by atoms with Gasteiger partial charge in [-0.3, -0.25) is 9.59 Å². The molecule has 0 fully saturated rings. The summed E-state index contributed by atoms with van der Waals surface area (Å²) >= 11 is 0. The Kier molecular flexibility index (Phi) is 7.59. The van der Waals surface area contributed by atoms with E-state index in [-0.39, 0.29) is 18.4 Å². The molecule has 6 nitrogen and oxygen atoms in total. The Hall–Kier alpha value is -4.13. The van der Waals surface area contributed by atoms with Crippen molar-refractivity contribution in [1.29, 1.82) is 0 Å². The van der Waals surface area contributed by atoms with Gasteiger partial charge in [0.15, 0.2) is 0 Å². The minimum absolute atomic E-state index is 0.276. The molecule has 0 aliphatic carbocycles. The summed E-state index contributed by atoms with van der Waals surface area (Å²) in [5.74, 6) is 0.250. The molecule has 0 heterocycles. The minimum atomic E-state index is -0.404. The number of benzene rings is 3. The fourth-order valence-corrected chi connectivity index (χ4v) is 2.95. The lowest BCUT2D eigenvalue weighted by atomic mass is 10.1. The van der Waals surface area contributed by atoms with Gasteiger partial charge in [-0.1, -0.05) is 12.1 Å². The van der Waals surface area contributed by atoms with E-state index < -0.39 is 5.82 Å². The van der Waals surface area contributed by atoms with Gasteiger partial charge >= 0.3 is 0 Å². The first-order chi connectivity index (χ1) is 15.5. The predicted molar refractivity (Wildman–Crippen MR) is 121 cm³/mol. The summed E-state index contributed by atoms with van der Waals surface area (Å²) in [5.41, 5.74) is 2.45. The topological polar surface area (TPSA) is 76.7 Å². The Labute approximate surface area is 185 Å². The van der Waals surface area contributed by atoms with E-state index >= 15 is 0 Å². The molecule has 164 valence electrons. The number of nitrogens with one attached hydrogen (secondary N) is 2. The molecule has 0 unspecified atom stereocenters. The van der Waals surface area contributed by atoms with Gasteiger partial charge in [-0.25, -0.2) is 4.39 Å². The van der Waals surface area contributed by atoms with Crippen LogP contribution in [-0.4, -0.2) is 26.0 Å². The van der Waals surface area contributed by atoms with Crippen LogP contribution in [0.2, 0.25) is 0 Å². The maximum atomic E-state index is 13.0. The number of amides is 2. The molecule has 2 N–H and O–H groups in total. The van der Waals surface area contributed by atoms with E-state index in [1.165, 1.54) is 30.3 Å². The molecule has 2 amide bonds. The van der Waals surface area contributed by atoms with Crippen molar-refractivity contribution in [3.05, 3.63) is 95.3 Å². The van der Waals surface area contributed by atoms with Crippen LogP contribution in [0.25, 0.3) is 6.08 Å². The van der Waals surface area contributed by atoms with Crippen LogP contribution >= 0.6 is 0 Å². The second-order valence-corrected chi connectivity index (χ2v) is 6.82. The smallest absolute Gasteiger partial charge is 0.255 e. The van der Waals surface area contributed by atoms with E-state index in [1.54, 1.807) is 56.7 Å². The number of ether oxygens (including phenoxy) is 2. The van der Waals surface area contributed by atoms with E-state index in [0.29, 0.717) is 28.3 Å². The Morgan fingerprint density at radius 2 is 1.75 bits per heavy atom. The van der Waals surface area contributed by atoms with Gasteiger partial charge in [0.1, 0.15) is 17.3 Å². The Bertz CT molecular complexity index is 1130. The monoisotopic (exact) mass is 434 g/mol. The molecule has 0 bridgehead atoms. The van der Waals surface area contributed by atoms with E-state index in [2.05, 4.69) is 10.6 Å². The zero-order valence-electron chi connectivity index (χ0n) is 17.7. The van der Waals surface area contributed by atoms with Gasteiger partial charge in [0.25, 0.3) is 5.91 Å². The lowest BCUT2D eigenvalue weighted by Gasteiger charge is -2.09. The highest BCUT2D eigenvalue weighted by molar-refractivity contribution is 6.04. The van der Waals surface area contributed by atoms with Crippen LogP contribution in [0.3, 0.4) is 0 Å². The summed E-state index contributed by atoms with van der Waals surface area (Å²) in [7, 11) is 3.12. The highest BCUT2D eigenvalue weighted by Crippen LogP contribution is 2.25. The molecule has 0 aliphatic rings. The fourth-order valence-electron chi connectivity index (χ4n) is 2.95. The van der Waals surface area contributed by atoms with Gasteiger partial charge in [-0.15, -0.1) is 0 Å². The van der Waals surface area contributed by atoms with Crippen molar-refractivity contribution in [2.24, 2.45) is 0 Å². The highest BCUT2D eigenvalue weighted by atomic mass is 19.1. The van der Waals surface area contributed by atoms with Crippen molar-refractivity contribution in [2.45, 2.75) is 6.54 Å². The first kappa shape index (κ1) is 22.6. The van der Waals surface area contributed by atoms with E-state index in [0.717, 1.165) is 5.56 Å². The molecule has 32 heavy (non-hydrogen) atoms. The van der Waals surface area contributed by atoms with Gasteiger partial charge in [-0.05, 0) is 66.2 Å². The number of anilines is 1. The second-order valence-electron chi connectivity index (χ2n) is 6.82. The van der Waals surface area contributed by atoms with E-state index in [1.807, 2.05) is 6.07 Å². The summed E-state index contributed by atoms with van der Waals surface area (Å²) in [6.45, 7) is 0.276. The molecule has 0 radical (unpaired) electrons. The van der Waals surface area contributed by atoms with Crippen LogP contribution in [0.1, 0.15) is 21.5 Å². The third-order valence-electron chi connectivity index (χ3n) is 4.61. The number of halogens is 1. The zero-order chi connectivity index (χ0) is 22.9. The quantitative estimate of drug-likeness (QED) is 0.515. The third kappa shape index (κ3) is 6.18. The van der Waals surface area contributed by atoms with Gasteiger partial charge in [0, 0.05) is 29.4 Å². The van der Waals surface area contributed by atoms with Crippen molar-refractivity contribution >= 4 is 23.6 Å². The van der Waals surface area contributed by atoms with Crippen LogP contribution in [0.4, 0.5) is 10.1 Å². The normalized spacial score (nSPS) is 10.6. The number of hydrogen-bond acceptors (Lipinski definition) is 4. The van der Waals surface area contributed by atoms with Crippen LogP contribution in [0.15, 0.2) is 72.8 Å². The molecule has 3 rings (SSSR count). The average Bonchev–Trinajstić information content (AvgIpc) is 2.81. The number of carbonyl (C=O) groups is 2. The standard InChI is InChI=1S/C25H23FN2O4/c1-31-22-11-12-23(32-2)19(15-22)8-13-24(29)27-16-17-4-3-5-21(14-17)28-25(30)18-6-9-20(26)10-7-18/h3-15H,16H2,1-2H3,(H,27,29)(H,28,30)/b13-8+. The molecular weight excluding hydrogens is 411 g/mol. The van der Waals surface area contributed by atoms with Crippen LogP contribution in [-0.2, 0) is 11.3 Å². The molecule has 0 aliphatic heterocycles. The average molecular weight is 434 g/mol.